The number of hydrogen-bond acceptors (Lipinski definition) is 1. The minimum Gasteiger partial charge on any atom is -0.345 e. The fraction of sp³-hybridized carbons (Fsp3) is 0. The molecule has 0 amide bonds. The quantitative estimate of drug-likeness (QED) is 0.718. The van der Waals surface area contributed by atoms with E-state index in [1.54, 1.807) is 6.07 Å². The molecule has 0 aliphatic rings. The summed E-state index contributed by atoms with van der Waals surface area (Å²) in [6, 6.07) is 3.05. The molecule has 0 unspecified atom stereocenters. The van der Waals surface area contributed by atoms with Crippen molar-refractivity contribution in [2.24, 2.45) is 0 Å². The summed E-state index contributed by atoms with van der Waals surface area (Å²) in [5.74, 6) is -0.287. The van der Waals surface area contributed by atoms with Crippen LogP contribution in [0.15, 0.2) is 22.9 Å². The van der Waals surface area contributed by atoms with Crippen molar-refractivity contribution in [3.05, 3.63) is 28.7 Å². The largest absolute Gasteiger partial charge is 0.345 e. The van der Waals surface area contributed by atoms with Crippen molar-refractivity contribution in [1.82, 2.24) is 9.97 Å². The van der Waals surface area contributed by atoms with Gasteiger partial charge in [0.2, 0.25) is 0 Å². The maximum absolute atomic E-state index is 12.8. The van der Waals surface area contributed by atoms with Gasteiger partial charge in [-0.2, -0.15) is 0 Å². The van der Waals surface area contributed by atoms with Gasteiger partial charge < -0.3 is 4.98 Å². The minimum atomic E-state index is -0.287. The second-order valence-corrected chi connectivity index (χ2v) is 2.95. The Balaban J connectivity index is 2.93. The van der Waals surface area contributed by atoms with Crippen molar-refractivity contribution in [3.8, 4) is 0 Å². The fourth-order valence-corrected chi connectivity index (χ4v) is 1.40. The van der Waals surface area contributed by atoms with Crippen molar-refractivity contribution >= 4 is 27.0 Å². The third kappa shape index (κ3) is 0.939. The summed E-state index contributed by atoms with van der Waals surface area (Å²) in [6.45, 7) is 0. The van der Waals surface area contributed by atoms with Crippen LogP contribution in [0.25, 0.3) is 11.0 Å². The molecule has 11 heavy (non-hydrogen) atoms. The van der Waals surface area contributed by atoms with Crippen molar-refractivity contribution < 1.29 is 4.39 Å². The molecule has 2 rings (SSSR count). The topological polar surface area (TPSA) is 28.7 Å². The molecule has 0 saturated heterocycles. The summed E-state index contributed by atoms with van der Waals surface area (Å²) >= 11 is 3.10. The molecule has 1 aromatic heterocycles. The van der Waals surface area contributed by atoms with Gasteiger partial charge in [0, 0.05) is 0 Å². The number of benzene rings is 1. The average Bonchev–Trinajstić information content (AvgIpc) is 2.45. The van der Waals surface area contributed by atoms with Gasteiger partial charge in [0.05, 0.1) is 16.3 Å². The van der Waals surface area contributed by atoms with E-state index >= 15 is 0 Å². The SMILES string of the molecule is Fc1ccc2[nH]cnc2c1Br. The van der Waals surface area contributed by atoms with Crippen LogP contribution in [0.5, 0.6) is 0 Å². The molecule has 1 aromatic carbocycles. The molecule has 56 valence electrons. The molecule has 0 aliphatic heterocycles. The van der Waals surface area contributed by atoms with Gasteiger partial charge in [-0.25, -0.2) is 9.37 Å². The summed E-state index contributed by atoms with van der Waals surface area (Å²) in [5, 5.41) is 0. The Morgan fingerprint density at radius 1 is 1.45 bits per heavy atom. The zero-order chi connectivity index (χ0) is 7.84. The number of aromatic nitrogens is 2. The minimum absolute atomic E-state index is 0.287. The van der Waals surface area contributed by atoms with Crippen LogP contribution >= 0.6 is 15.9 Å². The molecule has 0 saturated carbocycles. The Hall–Kier alpha value is -0.900. The van der Waals surface area contributed by atoms with Gasteiger partial charge in [0.25, 0.3) is 0 Å². The molecule has 0 atom stereocenters. The standard InChI is InChI=1S/C7H4BrFN2/c8-6-4(9)1-2-5-7(6)11-3-10-5/h1-3H,(H,10,11). The molecule has 1 N–H and O–H groups in total. The van der Waals surface area contributed by atoms with Crippen molar-refractivity contribution in [3.63, 3.8) is 0 Å². The predicted molar refractivity (Wildman–Crippen MR) is 43.8 cm³/mol. The molecule has 0 spiro atoms. The van der Waals surface area contributed by atoms with E-state index in [0.29, 0.717) is 9.99 Å². The second kappa shape index (κ2) is 2.30. The van der Waals surface area contributed by atoms with Gasteiger partial charge in [0.1, 0.15) is 11.3 Å². The lowest BCUT2D eigenvalue weighted by Crippen LogP contribution is -1.78. The van der Waals surface area contributed by atoms with Gasteiger partial charge in [-0.1, -0.05) is 0 Å². The molecule has 0 fully saturated rings. The first-order valence-corrected chi connectivity index (χ1v) is 3.85. The number of nitrogens with zero attached hydrogens (tertiary/aromatic N) is 1. The van der Waals surface area contributed by atoms with Gasteiger partial charge in [-0.15, -0.1) is 0 Å². The van der Waals surface area contributed by atoms with E-state index in [4.69, 9.17) is 0 Å². The Morgan fingerprint density at radius 2 is 2.27 bits per heavy atom. The van der Waals surface area contributed by atoms with Crippen LogP contribution in [0.4, 0.5) is 4.39 Å². The lowest BCUT2D eigenvalue weighted by molar-refractivity contribution is 0.623. The molecule has 2 aromatic rings. The first kappa shape index (κ1) is 6.79. The molecule has 0 bridgehead atoms. The van der Waals surface area contributed by atoms with Gasteiger partial charge >= 0.3 is 0 Å². The van der Waals surface area contributed by atoms with E-state index < -0.39 is 0 Å². The Morgan fingerprint density at radius 3 is 3.09 bits per heavy atom. The monoisotopic (exact) mass is 214 g/mol. The van der Waals surface area contributed by atoms with Gasteiger partial charge in [0.15, 0.2) is 0 Å². The van der Waals surface area contributed by atoms with Gasteiger partial charge in [-0.3, -0.25) is 0 Å². The van der Waals surface area contributed by atoms with Crippen LogP contribution in [0, 0.1) is 5.82 Å². The van der Waals surface area contributed by atoms with Crippen LogP contribution < -0.4 is 0 Å². The van der Waals surface area contributed by atoms with Crippen LogP contribution in [-0.2, 0) is 0 Å². The van der Waals surface area contributed by atoms with E-state index in [9.17, 15) is 4.39 Å². The van der Waals surface area contributed by atoms with E-state index in [0.717, 1.165) is 5.52 Å². The molecule has 4 heteroatoms. The number of nitrogens with one attached hydrogen (secondary N) is 1. The van der Waals surface area contributed by atoms with Crippen molar-refractivity contribution in [1.29, 1.82) is 0 Å². The van der Waals surface area contributed by atoms with E-state index in [-0.39, 0.29) is 5.82 Å². The second-order valence-electron chi connectivity index (χ2n) is 2.16. The average molecular weight is 215 g/mol. The maximum Gasteiger partial charge on any atom is 0.139 e. The van der Waals surface area contributed by atoms with Crippen LogP contribution in [0.2, 0.25) is 0 Å². The molecule has 1 heterocycles. The molecule has 2 nitrogen and oxygen atoms in total. The summed E-state index contributed by atoms with van der Waals surface area (Å²) in [5.41, 5.74) is 1.46. The third-order valence-corrected chi connectivity index (χ3v) is 2.24. The molecular formula is C7H4BrFN2. The Bertz CT molecular complexity index is 396. The summed E-state index contributed by atoms with van der Waals surface area (Å²) in [4.78, 5) is 6.82. The third-order valence-electron chi connectivity index (χ3n) is 1.48. The zero-order valence-electron chi connectivity index (χ0n) is 5.44. The number of fused-ring (bicyclic) bond motifs is 1. The summed E-state index contributed by atoms with van der Waals surface area (Å²) < 4.78 is 13.2. The van der Waals surface area contributed by atoms with E-state index in [1.165, 1.54) is 12.4 Å². The lowest BCUT2D eigenvalue weighted by Gasteiger charge is -1.92. The predicted octanol–water partition coefficient (Wildman–Crippen LogP) is 2.46. The molecular weight excluding hydrogens is 211 g/mol. The van der Waals surface area contributed by atoms with Gasteiger partial charge in [-0.05, 0) is 28.1 Å². The highest BCUT2D eigenvalue weighted by atomic mass is 79.9. The van der Waals surface area contributed by atoms with Crippen molar-refractivity contribution in [2.45, 2.75) is 0 Å². The van der Waals surface area contributed by atoms with Crippen molar-refractivity contribution in [2.75, 3.05) is 0 Å². The summed E-state index contributed by atoms with van der Waals surface area (Å²) in [7, 11) is 0. The number of hydrogen-bond donors (Lipinski definition) is 1. The number of H-pyrrole nitrogens is 1. The van der Waals surface area contributed by atoms with E-state index in [2.05, 4.69) is 25.9 Å². The number of aromatic amines is 1. The summed E-state index contributed by atoms with van der Waals surface area (Å²) in [6.07, 6.45) is 1.54. The first-order chi connectivity index (χ1) is 5.29. The molecule has 0 aliphatic carbocycles. The first-order valence-electron chi connectivity index (χ1n) is 3.06. The number of imidazole rings is 1. The lowest BCUT2D eigenvalue weighted by atomic mass is 10.3. The van der Waals surface area contributed by atoms with Crippen LogP contribution in [0.3, 0.4) is 0 Å². The number of rotatable bonds is 0. The zero-order valence-corrected chi connectivity index (χ0v) is 7.02. The fourth-order valence-electron chi connectivity index (χ4n) is 0.949. The van der Waals surface area contributed by atoms with Crippen LogP contribution in [0.1, 0.15) is 0 Å². The normalized spacial score (nSPS) is 10.7. The maximum atomic E-state index is 12.8. The van der Waals surface area contributed by atoms with E-state index in [1.807, 2.05) is 0 Å². The Kier molecular flexibility index (Phi) is 1.42. The smallest absolute Gasteiger partial charge is 0.139 e. The number of halogens is 2. The highest BCUT2D eigenvalue weighted by Crippen LogP contribution is 2.23. The Labute approximate surface area is 70.6 Å². The highest BCUT2D eigenvalue weighted by Gasteiger charge is 2.05. The van der Waals surface area contributed by atoms with Crippen LogP contribution in [-0.4, -0.2) is 9.97 Å². The highest BCUT2D eigenvalue weighted by molar-refractivity contribution is 9.10. The molecule has 0 radical (unpaired) electrons.